The third-order valence-electron chi connectivity index (χ3n) is 2.70. The summed E-state index contributed by atoms with van der Waals surface area (Å²) in [4.78, 5) is 0. The van der Waals surface area contributed by atoms with Crippen LogP contribution in [0.4, 0.5) is 0 Å². The summed E-state index contributed by atoms with van der Waals surface area (Å²) in [5.41, 5.74) is 6.73. The van der Waals surface area contributed by atoms with Crippen LogP contribution < -0.4 is 15.2 Å². The molecule has 100 valence electrons. The number of nitrogens with two attached hydrogens (primary N) is 1. The van der Waals surface area contributed by atoms with Crippen molar-refractivity contribution >= 4 is 15.9 Å². The summed E-state index contributed by atoms with van der Waals surface area (Å²) in [5.74, 6) is 2.29. The minimum atomic E-state index is 0.641. The van der Waals surface area contributed by atoms with Crippen LogP contribution in [0.15, 0.2) is 46.9 Å². The van der Waals surface area contributed by atoms with E-state index in [0.29, 0.717) is 6.54 Å². The quantitative estimate of drug-likeness (QED) is 0.912. The molecule has 0 aromatic heterocycles. The SMILES string of the molecule is COc1cccc(Oc2ccc(CCN)cc2Br)c1. The number of halogens is 1. The van der Waals surface area contributed by atoms with Gasteiger partial charge in [0, 0.05) is 6.07 Å². The average Bonchev–Trinajstić information content (AvgIpc) is 2.42. The first-order chi connectivity index (χ1) is 9.22. The molecule has 0 aliphatic heterocycles. The summed E-state index contributed by atoms with van der Waals surface area (Å²) in [5, 5.41) is 0. The van der Waals surface area contributed by atoms with Gasteiger partial charge in [0.1, 0.15) is 17.2 Å². The molecule has 0 heterocycles. The van der Waals surface area contributed by atoms with Gasteiger partial charge in [0.25, 0.3) is 0 Å². The van der Waals surface area contributed by atoms with E-state index in [4.69, 9.17) is 15.2 Å². The molecule has 0 fully saturated rings. The van der Waals surface area contributed by atoms with Gasteiger partial charge in [-0.1, -0.05) is 12.1 Å². The Balaban J connectivity index is 2.18. The number of rotatable bonds is 5. The molecule has 3 nitrogen and oxygen atoms in total. The maximum atomic E-state index is 5.83. The fourth-order valence-corrected chi connectivity index (χ4v) is 2.25. The molecule has 0 saturated carbocycles. The van der Waals surface area contributed by atoms with E-state index in [-0.39, 0.29) is 0 Å². The molecule has 2 aromatic carbocycles. The van der Waals surface area contributed by atoms with Crippen molar-refractivity contribution < 1.29 is 9.47 Å². The Morgan fingerprint density at radius 2 is 1.89 bits per heavy atom. The Morgan fingerprint density at radius 3 is 2.58 bits per heavy atom. The summed E-state index contributed by atoms with van der Waals surface area (Å²) in [7, 11) is 1.64. The zero-order chi connectivity index (χ0) is 13.7. The van der Waals surface area contributed by atoms with Crippen molar-refractivity contribution in [3.63, 3.8) is 0 Å². The Hall–Kier alpha value is -1.52. The van der Waals surface area contributed by atoms with E-state index in [9.17, 15) is 0 Å². The van der Waals surface area contributed by atoms with Gasteiger partial charge in [-0.25, -0.2) is 0 Å². The van der Waals surface area contributed by atoms with Gasteiger partial charge in [-0.3, -0.25) is 0 Å². The van der Waals surface area contributed by atoms with Crippen LogP contribution in [0.5, 0.6) is 17.2 Å². The molecule has 0 spiro atoms. The summed E-state index contributed by atoms with van der Waals surface area (Å²) in [6.45, 7) is 0.641. The van der Waals surface area contributed by atoms with Crippen LogP contribution in [0.3, 0.4) is 0 Å². The topological polar surface area (TPSA) is 44.5 Å². The molecular formula is C15H16BrNO2. The van der Waals surface area contributed by atoms with Gasteiger partial charge in [-0.15, -0.1) is 0 Å². The van der Waals surface area contributed by atoms with Gasteiger partial charge >= 0.3 is 0 Å². The van der Waals surface area contributed by atoms with Crippen LogP contribution in [-0.4, -0.2) is 13.7 Å². The van der Waals surface area contributed by atoms with Gasteiger partial charge in [0.15, 0.2) is 0 Å². The highest BCUT2D eigenvalue weighted by Gasteiger charge is 2.05. The predicted octanol–water partition coefficient (Wildman–Crippen LogP) is 3.75. The Kier molecular flexibility index (Phi) is 4.82. The van der Waals surface area contributed by atoms with Crippen molar-refractivity contribution in [3.8, 4) is 17.2 Å². The van der Waals surface area contributed by atoms with E-state index in [1.165, 1.54) is 5.56 Å². The van der Waals surface area contributed by atoms with Crippen molar-refractivity contribution in [2.24, 2.45) is 5.73 Å². The second-order valence-electron chi connectivity index (χ2n) is 4.08. The van der Waals surface area contributed by atoms with Crippen molar-refractivity contribution in [1.82, 2.24) is 0 Å². The predicted molar refractivity (Wildman–Crippen MR) is 80.0 cm³/mol. The van der Waals surface area contributed by atoms with Gasteiger partial charge in [-0.05, 0) is 58.7 Å². The monoisotopic (exact) mass is 321 g/mol. The molecule has 2 N–H and O–H groups in total. The summed E-state index contributed by atoms with van der Waals surface area (Å²) < 4.78 is 11.9. The van der Waals surface area contributed by atoms with Gasteiger partial charge in [-0.2, -0.15) is 0 Å². The Bertz CT molecular complexity index is 558. The molecule has 2 rings (SSSR count). The standard InChI is InChI=1S/C15H16BrNO2/c1-18-12-3-2-4-13(10-12)19-15-6-5-11(7-8-17)9-14(15)16/h2-6,9-10H,7-8,17H2,1H3. The first-order valence-electron chi connectivity index (χ1n) is 6.03. The van der Waals surface area contributed by atoms with Gasteiger partial charge in [0.05, 0.1) is 11.6 Å². The van der Waals surface area contributed by atoms with Crippen molar-refractivity contribution in [2.75, 3.05) is 13.7 Å². The largest absolute Gasteiger partial charge is 0.497 e. The summed E-state index contributed by atoms with van der Waals surface area (Å²) >= 11 is 3.51. The maximum absolute atomic E-state index is 5.83. The van der Waals surface area contributed by atoms with Crippen LogP contribution in [0.25, 0.3) is 0 Å². The Morgan fingerprint density at radius 1 is 1.11 bits per heavy atom. The number of benzene rings is 2. The molecule has 19 heavy (non-hydrogen) atoms. The van der Waals surface area contributed by atoms with Crippen LogP contribution in [0.2, 0.25) is 0 Å². The van der Waals surface area contributed by atoms with Crippen molar-refractivity contribution in [2.45, 2.75) is 6.42 Å². The third kappa shape index (κ3) is 3.72. The number of methoxy groups -OCH3 is 1. The van der Waals surface area contributed by atoms with Crippen LogP contribution in [-0.2, 0) is 6.42 Å². The molecule has 0 unspecified atom stereocenters. The van der Waals surface area contributed by atoms with E-state index in [2.05, 4.69) is 15.9 Å². The molecule has 0 aliphatic carbocycles. The lowest BCUT2D eigenvalue weighted by Gasteiger charge is -2.10. The zero-order valence-corrected chi connectivity index (χ0v) is 12.3. The van der Waals surface area contributed by atoms with Gasteiger partial charge in [0.2, 0.25) is 0 Å². The molecule has 4 heteroatoms. The number of hydrogen-bond acceptors (Lipinski definition) is 3. The fourth-order valence-electron chi connectivity index (χ4n) is 1.74. The smallest absolute Gasteiger partial charge is 0.141 e. The van der Waals surface area contributed by atoms with E-state index in [0.717, 1.165) is 28.1 Å². The molecule has 2 aromatic rings. The number of hydrogen-bond donors (Lipinski definition) is 1. The van der Waals surface area contributed by atoms with Crippen LogP contribution in [0.1, 0.15) is 5.56 Å². The van der Waals surface area contributed by atoms with Crippen LogP contribution in [0, 0.1) is 0 Å². The highest BCUT2D eigenvalue weighted by Crippen LogP contribution is 2.31. The third-order valence-corrected chi connectivity index (χ3v) is 3.32. The minimum Gasteiger partial charge on any atom is -0.497 e. The first kappa shape index (κ1) is 13.9. The molecule has 0 saturated heterocycles. The van der Waals surface area contributed by atoms with Crippen molar-refractivity contribution in [3.05, 3.63) is 52.5 Å². The van der Waals surface area contributed by atoms with Gasteiger partial charge < -0.3 is 15.2 Å². The van der Waals surface area contributed by atoms with Crippen molar-refractivity contribution in [1.29, 1.82) is 0 Å². The maximum Gasteiger partial charge on any atom is 0.141 e. The average molecular weight is 322 g/mol. The van der Waals surface area contributed by atoms with E-state index >= 15 is 0 Å². The van der Waals surface area contributed by atoms with Crippen LogP contribution >= 0.6 is 15.9 Å². The molecule has 0 aliphatic rings. The highest BCUT2D eigenvalue weighted by molar-refractivity contribution is 9.10. The van der Waals surface area contributed by atoms with E-state index in [1.807, 2.05) is 42.5 Å². The fraction of sp³-hybridized carbons (Fsp3) is 0.200. The lowest BCUT2D eigenvalue weighted by Crippen LogP contribution is -2.02. The highest BCUT2D eigenvalue weighted by atomic mass is 79.9. The Labute approximate surface area is 121 Å². The lowest BCUT2D eigenvalue weighted by molar-refractivity contribution is 0.409. The summed E-state index contributed by atoms with van der Waals surface area (Å²) in [6.07, 6.45) is 0.859. The van der Waals surface area contributed by atoms with E-state index in [1.54, 1.807) is 7.11 Å². The first-order valence-corrected chi connectivity index (χ1v) is 6.82. The molecule has 0 atom stereocenters. The normalized spacial score (nSPS) is 10.3. The zero-order valence-electron chi connectivity index (χ0n) is 10.7. The lowest BCUT2D eigenvalue weighted by atomic mass is 10.1. The minimum absolute atomic E-state index is 0.641. The second kappa shape index (κ2) is 6.59. The van der Waals surface area contributed by atoms with E-state index < -0.39 is 0 Å². The second-order valence-corrected chi connectivity index (χ2v) is 4.94. The molecule has 0 bridgehead atoms. The molecule has 0 radical (unpaired) electrons. The molecule has 0 amide bonds. The molecular weight excluding hydrogens is 306 g/mol. The summed E-state index contributed by atoms with van der Waals surface area (Å²) in [6, 6.07) is 13.5. The number of ether oxygens (including phenoxy) is 2.